The quantitative estimate of drug-likeness (QED) is 0.866. The van der Waals surface area contributed by atoms with Crippen LogP contribution in [0.15, 0.2) is 30.3 Å². The predicted octanol–water partition coefficient (Wildman–Crippen LogP) is 2.15. The lowest BCUT2D eigenvalue weighted by atomic mass is 9.73. The fraction of sp³-hybridized carbons (Fsp3) is 0.636. The molecule has 2 amide bonds. The van der Waals surface area contributed by atoms with Crippen molar-refractivity contribution in [3.05, 3.63) is 35.9 Å². The van der Waals surface area contributed by atoms with E-state index in [9.17, 15) is 9.59 Å². The Morgan fingerprint density at radius 2 is 2.00 bits per heavy atom. The van der Waals surface area contributed by atoms with Gasteiger partial charge >= 0.3 is 0 Å². The summed E-state index contributed by atoms with van der Waals surface area (Å²) in [6, 6.07) is 9.85. The van der Waals surface area contributed by atoms with Crippen LogP contribution in [-0.2, 0) is 20.7 Å². The average Bonchev–Trinajstić information content (AvgIpc) is 3.27. The van der Waals surface area contributed by atoms with Gasteiger partial charge in [0.2, 0.25) is 11.8 Å². The topological polar surface area (TPSA) is 58.6 Å². The molecule has 3 heterocycles. The molecule has 0 unspecified atom stereocenters. The number of amides is 2. The largest absolute Gasteiger partial charge is 0.369 e. The molecule has 4 aliphatic rings. The maximum atomic E-state index is 12.7. The van der Waals surface area contributed by atoms with Gasteiger partial charge in [-0.3, -0.25) is 9.59 Å². The lowest BCUT2D eigenvalue weighted by molar-refractivity contribution is -0.138. The summed E-state index contributed by atoms with van der Waals surface area (Å²) < 4.78 is 6.41. The molecule has 1 spiro atoms. The Morgan fingerprint density at radius 1 is 1.19 bits per heavy atom. The van der Waals surface area contributed by atoms with Crippen LogP contribution in [0, 0.1) is 17.8 Å². The SMILES string of the molecule is O=C(Cc1ccccc1)NC[C@H]1[C@H]2CN(C(=O)C3CCC3)C[C@]23CC[C@H]1O3. The van der Waals surface area contributed by atoms with E-state index in [1.54, 1.807) is 0 Å². The van der Waals surface area contributed by atoms with Crippen molar-refractivity contribution < 1.29 is 14.3 Å². The molecule has 4 fully saturated rings. The normalized spacial score (nSPS) is 34.4. The fourth-order valence-electron chi connectivity index (χ4n) is 5.62. The third-order valence-corrected chi connectivity index (χ3v) is 7.29. The Morgan fingerprint density at radius 3 is 2.74 bits per heavy atom. The van der Waals surface area contributed by atoms with Crippen molar-refractivity contribution in [2.24, 2.45) is 17.8 Å². The summed E-state index contributed by atoms with van der Waals surface area (Å²) in [6.45, 7) is 2.23. The second-order valence-electron chi connectivity index (χ2n) is 8.84. The van der Waals surface area contributed by atoms with Gasteiger partial charge in [-0.2, -0.15) is 0 Å². The minimum atomic E-state index is -0.140. The smallest absolute Gasteiger partial charge is 0.225 e. The monoisotopic (exact) mass is 368 g/mol. The molecule has 1 N–H and O–H groups in total. The van der Waals surface area contributed by atoms with Crippen LogP contribution in [0.5, 0.6) is 0 Å². The van der Waals surface area contributed by atoms with E-state index < -0.39 is 0 Å². The van der Waals surface area contributed by atoms with Crippen molar-refractivity contribution in [2.45, 2.75) is 50.2 Å². The summed E-state index contributed by atoms with van der Waals surface area (Å²) >= 11 is 0. The minimum Gasteiger partial charge on any atom is -0.369 e. The number of benzene rings is 1. The van der Waals surface area contributed by atoms with Gasteiger partial charge in [0.05, 0.1) is 24.7 Å². The molecule has 1 aliphatic carbocycles. The molecule has 144 valence electrons. The standard InChI is InChI=1S/C22H28N2O3/c25-20(11-15-5-2-1-3-6-15)23-12-17-18-13-24(21(26)16-7-4-8-16)14-22(18)10-9-19(17)27-22/h1-3,5-6,16-19H,4,7-14H2,(H,23,25)/t17-,18+,19+,22+/m0/s1. The highest BCUT2D eigenvalue weighted by Gasteiger charge is 2.63. The first-order valence-electron chi connectivity index (χ1n) is 10.4. The summed E-state index contributed by atoms with van der Waals surface area (Å²) in [5.74, 6) is 1.36. The van der Waals surface area contributed by atoms with E-state index in [0.29, 0.717) is 30.7 Å². The molecule has 5 heteroatoms. The molecule has 0 aromatic heterocycles. The Hall–Kier alpha value is -1.88. The van der Waals surface area contributed by atoms with E-state index in [1.165, 1.54) is 6.42 Å². The van der Waals surface area contributed by atoms with Gasteiger partial charge in [0.1, 0.15) is 0 Å². The van der Waals surface area contributed by atoms with E-state index in [-0.39, 0.29) is 23.5 Å². The van der Waals surface area contributed by atoms with Gasteiger partial charge in [-0.15, -0.1) is 0 Å². The molecule has 1 aromatic carbocycles. The highest BCUT2D eigenvalue weighted by molar-refractivity contribution is 5.80. The lowest BCUT2D eigenvalue weighted by Gasteiger charge is -2.30. The Kier molecular flexibility index (Phi) is 4.23. The van der Waals surface area contributed by atoms with Crippen molar-refractivity contribution >= 4 is 11.8 Å². The van der Waals surface area contributed by atoms with E-state index in [2.05, 4.69) is 10.2 Å². The van der Waals surface area contributed by atoms with E-state index >= 15 is 0 Å². The number of carbonyl (C=O) groups is 2. The first-order chi connectivity index (χ1) is 13.1. The van der Waals surface area contributed by atoms with Gasteiger partial charge in [-0.25, -0.2) is 0 Å². The molecule has 3 saturated heterocycles. The van der Waals surface area contributed by atoms with Gasteiger partial charge in [-0.1, -0.05) is 36.8 Å². The first-order valence-corrected chi connectivity index (χ1v) is 10.4. The number of hydrogen-bond acceptors (Lipinski definition) is 3. The van der Waals surface area contributed by atoms with Crippen molar-refractivity contribution in [1.29, 1.82) is 0 Å². The highest BCUT2D eigenvalue weighted by atomic mass is 16.5. The average molecular weight is 368 g/mol. The van der Waals surface area contributed by atoms with Crippen LogP contribution in [0.4, 0.5) is 0 Å². The van der Waals surface area contributed by atoms with Crippen LogP contribution in [0.1, 0.15) is 37.7 Å². The van der Waals surface area contributed by atoms with Crippen molar-refractivity contribution in [3.63, 3.8) is 0 Å². The Balaban J connectivity index is 1.21. The second-order valence-corrected chi connectivity index (χ2v) is 8.84. The summed E-state index contributed by atoms with van der Waals surface area (Å²) in [5, 5.41) is 3.13. The molecular formula is C22H28N2O3. The number of rotatable bonds is 5. The summed E-state index contributed by atoms with van der Waals surface area (Å²) in [7, 11) is 0. The molecule has 1 saturated carbocycles. The maximum Gasteiger partial charge on any atom is 0.225 e. The van der Waals surface area contributed by atoms with Crippen LogP contribution in [0.2, 0.25) is 0 Å². The lowest BCUT2D eigenvalue weighted by Crippen LogP contribution is -2.42. The van der Waals surface area contributed by atoms with Gasteiger partial charge in [0.25, 0.3) is 0 Å². The van der Waals surface area contributed by atoms with E-state index in [0.717, 1.165) is 44.3 Å². The van der Waals surface area contributed by atoms with Gasteiger partial charge < -0.3 is 15.0 Å². The zero-order valence-corrected chi connectivity index (χ0v) is 15.7. The molecule has 27 heavy (non-hydrogen) atoms. The summed E-state index contributed by atoms with van der Waals surface area (Å²) in [6.07, 6.45) is 6.07. The fourth-order valence-corrected chi connectivity index (χ4v) is 5.62. The molecular weight excluding hydrogens is 340 g/mol. The zero-order valence-electron chi connectivity index (χ0n) is 15.7. The number of nitrogens with one attached hydrogen (secondary N) is 1. The van der Waals surface area contributed by atoms with Gasteiger partial charge in [-0.05, 0) is 31.2 Å². The minimum absolute atomic E-state index is 0.0680. The number of ether oxygens (including phenoxy) is 1. The van der Waals surface area contributed by atoms with Gasteiger partial charge in [0, 0.05) is 30.8 Å². The Labute approximate surface area is 160 Å². The number of likely N-dealkylation sites (tertiary alicyclic amines) is 1. The van der Waals surface area contributed by atoms with E-state index in [4.69, 9.17) is 4.74 Å². The van der Waals surface area contributed by atoms with Crippen LogP contribution >= 0.6 is 0 Å². The molecule has 3 aliphatic heterocycles. The van der Waals surface area contributed by atoms with Crippen molar-refractivity contribution in [1.82, 2.24) is 10.2 Å². The van der Waals surface area contributed by atoms with Crippen molar-refractivity contribution in [2.75, 3.05) is 19.6 Å². The predicted molar refractivity (Wildman–Crippen MR) is 101 cm³/mol. The number of fused-ring (bicyclic) bond motifs is 1. The van der Waals surface area contributed by atoms with E-state index in [1.807, 2.05) is 30.3 Å². The van der Waals surface area contributed by atoms with Crippen LogP contribution in [0.25, 0.3) is 0 Å². The summed E-state index contributed by atoms with van der Waals surface area (Å²) in [5.41, 5.74) is 0.896. The molecule has 0 radical (unpaired) electrons. The second kappa shape index (κ2) is 6.62. The van der Waals surface area contributed by atoms with Gasteiger partial charge in [0.15, 0.2) is 0 Å². The maximum absolute atomic E-state index is 12.7. The number of nitrogens with zero attached hydrogens (tertiary/aromatic N) is 1. The Bertz CT molecular complexity index is 732. The highest BCUT2D eigenvalue weighted by Crippen LogP contribution is 2.55. The number of hydrogen-bond donors (Lipinski definition) is 1. The third kappa shape index (κ3) is 2.96. The third-order valence-electron chi connectivity index (χ3n) is 7.29. The molecule has 5 nitrogen and oxygen atoms in total. The van der Waals surface area contributed by atoms with Crippen LogP contribution < -0.4 is 5.32 Å². The van der Waals surface area contributed by atoms with Crippen molar-refractivity contribution in [3.8, 4) is 0 Å². The van der Waals surface area contributed by atoms with Crippen LogP contribution in [0.3, 0.4) is 0 Å². The number of carbonyl (C=O) groups excluding carboxylic acids is 2. The first kappa shape index (κ1) is 17.2. The molecule has 2 bridgehead atoms. The molecule has 5 rings (SSSR count). The summed E-state index contributed by atoms with van der Waals surface area (Å²) in [4.78, 5) is 27.1. The molecule has 4 atom stereocenters. The van der Waals surface area contributed by atoms with Crippen LogP contribution in [-0.4, -0.2) is 48.1 Å². The zero-order chi connectivity index (χ0) is 18.4. The molecule has 1 aromatic rings.